The van der Waals surface area contributed by atoms with Gasteiger partial charge >= 0.3 is 5.97 Å². The van der Waals surface area contributed by atoms with Gasteiger partial charge in [-0.1, -0.05) is 19.1 Å². The number of fused-ring (bicyclic) bond motifs is 1. The second kappa shape index (κ2) is 7.18. The lowest BCUT2D eigenvalue weighted by atomic mass is 9.88. The Bertz CT molecular complexity index is 779. The number of carbonyl (C=O) groups is 1. The molecule has 1 unspecified atom stereocenters. The first-order valence-corrected chi connectivity index (χ1v) is 9.05. The molecule has 0 saturated carbocycles. The number of nitrogens with zero attached hydrogens (tertiary/aromatic N) is 1. The van der Waals surface area contributed by atoms with E-state index in [1.54, 1.807) is 35.8 Å². The first-order valence-electron chi connectivity index (χ1n) is 8.23. The van der Waals surface area contributed by atoms with Gasteiger partial charge in [-0.3, -0.25) is 0 Å². The highest BCUT2D eigenvalue weighted by Gasteiger charge is 2.28. The van der Waals surface area contributed by atoms with Crippen molar-refractivity contribution in [3.8, 4) is 5.75 Å². The zero-order valence-electron chi connectivity index (χ0n) is 13.9. The molecule has 1 N–H and O–H groups in total. The van der Waals surface area contributed by atoms with Gasteiger partial charge < -0.3 is 9.84 Å². The molecule has 0 radical (unpaired) electrons. The van der Waals surface area contributed by atoms with E-state index in [4.69, 9.17) is 4.74 Å². The molecule has 0 spiro atoms. The second-order valence-corrected chi connectivity index (χ2v) is 7.15. The summed E-state index contributed by atoms with van der Waals surface area (Å²) in [7, 11) is 0. The fourth-order valence-electron chi connectivity index (χ4n) is 2.97. The number of hydrogen-bond acceptors (Lipinski definition) is 5. The van der Waals surface area contributed by atoms with Crippen molar-refractivity contribution >= 4 is 28.5 Å². The van der Waals surface area contributed by atoms with E-state index in [0.717, 1.165) is 24.8 Å². The number of hydrogen-bond donors (Lipinski definition) is 1. The Morgan fingerprint density at radius 1 is 1.46 bits per heavy atom. The standard InChI is InChI=1S/C19H21NO3S/c1-3-23-19(22)17-14-9-8-12(2)10-16(14)24-18(17)20-11-13-6-4-5-7-15(13)21/h4-7,11-12,21H,3,8-10H2,1-2H3/b20-11+. The van der Waals surface area contributed by atoms with E-state index in [1.807, 2.05) is 13.0 Å². The first-order chi connectivity index (χ1) is 11.6. The topological polar surface area (TPSA) is 58.9 Å². The van der Waals surface area contributed by atoms with E-state index >= 15 is 0 Å². The number of aliphatic imine (C=N–C) groups is 1. The normalized spacial score (nSPS) is 17.0. The van der Waals surface area contributed by atoms with E-state index in [1.165, 1.54) is 4.88 Å². The molecule has 0 bridgehead atoms. The van der Waals surface area contributed by atoms with Crippen LogP contribution in [0.25, 0.3) is 0 Å². The Labute approximate surface area is 145 Å². The van der Waals surface area contributed by atoms with Crippen LogP contribution < -0.4 is 0 Å². The summed E-state index contributed by atoms with van der Waals surface area (Å²) in [6, 6.07) is 7.02. The molecule has 126 valence electrons. The van der Waals surface area contributed by atoms with Gasteiger partial charge in [0.05, 0.1) is 12.2 Å². The lowest BCUT2D eigenvalue weighted by Gasteiger charge is -2.18. The van der Waals surface area contributed by atoms with Crippen molar-refractivity contribution in [2.24, 2.45) is 10.9 Å². The molecule has 5 heteroatoms. The van der Waals surface area contributed by atoms with Gasteiger partial charge in [0.25, 0.3) is 0 Å². The van der Waals surface area contributed by atoms with Crippen molar-refractivity contribution in [2.45, 2.75) is 33.1 Å². The van der Waals surface area contributed by atoms with E-state index < -0.39 is 0 Å². The molecule has 1 aromatic heterocycles. The van der Waals surface area contributed by atoms with Crippen LogP contribution in [0.15, 0.2) is 29.3 Å². The van der Waals surface area contributed by atoms with Gasteiger partial charge in [0, 0.05) is 16.7 Å². The quantitative estimate of drug-likeness (QED) is 0.656. The predicted molar refractivity (Wildman–Crippen MR) is 96.8 cm³/mol. The molecule has 1 aromatic carbocycles. The summed E-state index contributed by atoms with van der Waals surface area (Å²) >= 11 is 1.56. The summed E-state index contributed by atoms with van der Waals surface area (Å²) in [6.07, 6.45) is 4.57. The molecule has 24 heavy (non-hydrogen) atoms. The Morgan fingerprint density at radius 2 is 2.25 bits per heavy atom. The minimum Gasteiger partial charge on any atom is -0.507 e. The Morgan fingerprint density at radius 3 is 3.00 bits per heavy atom. The maximum Gasteiger partial charge on any atom is 0.341 e. The highest BCUT2D eigenvalue weighted by atomic mass is 32.1. The third kappa shape index (κ3) is 3.36. The van der Waals surface area contributed by atoms with Crippen molar-refractivity contribution < 1.29 is 14.6 Å². The largest absolute Gasteiger partial charge is 0.507 e. The number of benzene rings is 1. The van der Waals surface area contributed by atoms with E-state index in [2.05, 4.69) is 11.9 Å². The van der Waals surface area contributed by atoms with Gasteiger partial charge in [-0.2, -0.15) is 0 Å². The number of para-hydroxylation sites is 1. The molecule has 0 amide bonds. The maximum atomic E-state index is 12.4. The van der Waals surface area contributed by atoms with Crippen molar-refractivity contribution in [3.63, 3.8) is 0 Å². The van der Waals surface area contributed by atoms with Gasteiger partial charge in [0.1, 0.15) is 10.8 Å². The average Bonchev–Trinajstić information content (AvgIpc) is 2.91. The number of rotatable bonds is 4. The summed E-state index contributed by atoms with van der Waals surface area (Å²) < 4.78 is 5.24. The molecule has 0 aliphatic heterocycles. The third-order valence-electron chi connectivity index (χ3n) is 4.23. The van der Waals surface area contributed by atoms with Crippen molar-refractivity contribution in [1.82, 2.24) is 0 Å². The lowest BCUT2D eigenvalue weighted by molar-refractivity contribution is 0.0526. The molecular formula is C19H21NO3S. The monoisotopic (exact) mass is 343 g/mol. The highest BCUT2D eigenvalue weighted by molar-refractivity contribution is 7.16. The SMILES string of the molecule is CCOC(=O)c1c(/N=C/c2ccccc2O)sc2c1CCC(C)C2. The summed E-state index contributed by atoms with van der Waals surface area (Å²) in [6.45, 7) is 4.39. The second-order valence-electron chi connectivity index (χ2n) is 6.07. The van der Waals surface area contributed by atoms with Crippen LogP contribution in [0.2, 0.25) is 0 Å². The molecule has 1 aliphatic carbocycles. The molecule has 0 saturated heterocycles. The van der Waals surface area contributed by atoms with Gasteiger partial charge in [-0.05, 0) is 49.8 Å². The lowest BCUT2D eigenvalue weighted by Crippen LogP contribution is -2.13. The van der Waals surface area contributed by atoms with E-state index in [0.29, 0.717) is 28.7 Å². The molecule has 3 rings (SSSR count). The smallest absolute Gasteiger partial charge is 0.341 e. The Balaban J connectivity index is 2.00. The van der Waals surface area contributed by atoms with Crippen molar-refractivity contribution in [1.29, 1.82) is 0 Å². The van der Waals surface area contributed by atoms with Crippen LogP contribution in [-0.2, 0) is 17.6 Å². The number of ether oxygens (including phenoxy) is 1. The van der Waals surface area contributed by atoms with E-state index in [-0.39, 0.29) is 11.7 Å². The van der Waals surface area contributed by atoms with Gasteiger partial charge in [0.2, 0.25) is 0 Å². The van der Waals surface area contributed by atoms with Crippen molar-refractivity contribution in [3.05, 3.63) is 45.8 Å². The van der Waals surface area contributed by atoms with Crippen LogP contribution in [0.5, 0.6) is 5.75 Å². The van der Waals surface area contributed by atoms with Crippen molar-refractivity contribution in [2.75, 3.05) is 6.61 Å². The Kier molecular flexibility index (Phi) is 5.00. The molecule has 4 nitrogen and oxygen atoms in total. The number of carbonyl (C=O) groups excluding carboxylic acids is 1. The molecule has 0 fully saturated rings. The zero-order chi connectivity index (χ0) is 17.1. The minimum atomic E-state index is -0.297. The number of thiophene rings is 1. The summed E-state index contributed by atoms with van der Waals surface area (Å²) in [5, 5.41) is 10.5. The number of phenolic OH excluding ortho intramolecular Hbond substituents is 1. The Hall–Kier alpha value is -2.14. The number of phenols is 1. The van der Waals surface area contributed by atoms with Gasteiger partial charge in [-0.15, -0.1) is 11.3 Å². The molecule has 1 aliphatic rings. The molecule has 1 heterocycles. The summed E-state index contributed by atoms with van der Waals surface area (Å²) in [5.41, 5.74) is 2.34. The number of aromatic hydroxyl groups is 1. The highest BCUT2D eigenvalue weighted by Crippen LogP contribution is 2.41. The predicted octanol–water partition coefficient (Wildman–Crippen LogP) is 4.51. The molecule has 2 aromatic rings. The molecule has 1 atom stereocenters. The maximum absolute atomic E-state index is 12.4. The first kappa shape index (κ1) is 16.7. The van der Waals surface area contributed by atoms with Crippen LogP contribution in [0.3, 0.4) is 0 Å². The summed E-state index contributed by atoms with van der Waals surface area (Å²) in [5.74, 6) is 0.504. The van der Waals surface area contributed by atoms with Crippen LogP contribution in [0, 0.1) is 5.92 Å². The molecular weight excluding hydrogens is 322 g/mol. The fraction of sp³-hybridized carbons (Fsp3) is 0.368. The van der Waals surface area contributed by atoms with E-state index in [9.17, 15) is 9.90 Å². The van der Waals surface area contributed by atoms with Crippen LogP contribution in [0.4, 0.5) is 5.00 Å². The van der Waals surface area contributed by atoms with Crippen LogP contribution in [-0.4, -0.2) is 23.9 Å². The summed E-state index contributed by atoms with van der Waals surface area (Å²) in [4.78, 5) is 18.2. The third-order valence-corrected chi connectivity index (χ3v) is 5.39. The number of esters is 1. The van der Waals surface area contributed by atoms with Gasteiger partial charge in [0.15, 0.2) is 0 Å². The average molecular weight is 343 g/mol. The minimum absolute atomic E-state index is 0.175. The van der Waals surface area contributed by atoms with Crippen LogP contribution in [0.1, 0.15) is 46.6 Å². The van der Waals surface area contributed by atoms with Crippen LogP contribution >= 0.6 is 11.3 Å². The zero-order valence-corrected chi connectivity index (χ0v) is 14.7. The van der Waals surface area contributed by atoms with Gasteiger partial charge in [-0.25, -0.2) is 9.79 Å². The fourth-order valence-corrected chi connectivity index (χ4v) is 4.31.